The summed E-state index contributed by atoms with van der Waals surface area (Å²) in [5, 5.41) is 12.7. The first-order valence-corrected chi connectivity index (χ1v) is 10.7. The van der Waals surface area contributed by atoms with E-state index in [9.17, 15) is 14.9 Å². The lowest BCUT2D eigenvalue weighted by molar-refractivity contribution is -0.142. The van der Waals surface area contributed by atoms with E-state index in [0.29, 0.717) is 24.5 Å². The van der Waals surface area contributed by atoms with E-state index in [-0.39, 0.29) is 19.0 Å². The van der Waals surface area contributed by atoms with E-state index >= 15 is 0 Å². The van der Waals surface area contributed by atoms with Crippen LogP contribution in [0, 0.1) is 25.2 Å². The van der Waals surface area contributed by atoms with Crippen LogP contribution < -0.4 is 5.32 Å². The van der Waals surface area contributed by atoms with E-state index in [1.165, 1.54) is 7.11 Å². The predicted octanol–water partition coefficient (Wildman–Crippen LogP) is 3.64. The second-order valence-corrected chi connectivity index (χ2v) is 7.87. The fourth-order valence-electron chi connectivity index (χ4n) is 3.73. The fourth-order valence-corrected chi connectivity index (χ4v) is 3.73. The number of nitriles is 1. The molecule has 170 valence electrons. The van der Waals surface area contributed by atoms with Gasteiger partial charge in [-0.25, -0.2) is 0 Å². The summed E-state index contributed by atoms with van der Waals surface area (Å²) in [5.41, 5.74) is 4.23. The van der Waals surface area contributed by atoms with Crippen molar-refractivity contribution in [3.63, 3.8) is 0 Å². The molecule has 0 fully saturated rings. The summed E-state index contributed by atoms with van der Waals surface area (Å²) in [4.78, 5) is 26.7. The molecule has 7 heteroatoms. The molecule has 0 saturated carbocycles. The van der Waals surface area contributed by atoms with E-state index in [1.54, 1.807) is 4.90 Å². The molecule has 0 aliphatic heterocycles. The maximum absolute atomic E-state index is 13.0. The van der Waals surface area contributed by atoms with Crippen LogP contribution in [-0.4, -0.2) is 41.5 Å². The van der Waals surface area contributed by atoms with Crippen LogP contribution in [0.2, 0.25) is 0 Å². The van der Waals surface area contributed by atoms with Crippen molar-refractivity contribution in [3.8, 4) is 6.07 Å². The number of aromatic nitrogens is 1. The molecule has 1 heterocycles. The van der Waals surface area contributed by atoms with Gasteiger partial charge in [0.2, 0.25) is 5.91 Å². The third kappa shape index (κ3) is 6.09. The number of anilines is 1. The molecule has 1 amide bonds. The first-order chi connectivity index (χ1) is 15.9. The number of ether oxygens (including phenoxy) is 1. The van der Waals surface area contributed by atoms with E-state index < -0.39 is 5.97 Å². The number of hydrogen-bond acceptors (Lipinski definition) is 5. The third-order valence-corrected chi connectivity index (χ3v) is 5.58. The third-order valence-electron chi connectivity index (χ3n) is 5.58. The van der Waals surface area contributed by atoms with E-state index in [0.717, 1.165) is 22.4 Å². The Hall–Kier alpha value is -3.89. The molecule has 7 nitrogen and oxygen atoms in total. The average Bonchev–Trinajstić information content (AvgIpc) is 3.03. The standard InChI is InChI=1S/C26H28N4O3/c1-19-20(2)30(16-22-12-8-5-9-13-22)26(23(19)14-27)28-24(31)17-29(18-25(32)33-3)15-21-10-6-4-7-11-21/h4-13H,15-18H2,1-3H3,(H,28,31). The zero-order valence-electron chi connectivity index (χ0n) is 19.2. The van der Waals surface area contributed by atoms with Crippen molar-refractivity contribution in [2.45, 2.75) is 26.9 Å². The van der Waals surface area contributed by atoms with Crippen molar-refractivity contribution in [1.29, 1.82) is 5.26 Å². The van der Waals surface area contributed by atoms with Crippen molar-refractivity contribution >= 4 is 17.7 Å². The zero-order valence-corrected chi connectivity index (χ0v) is 19.2. The Morgan fingerprint density at radius 1 is 1.00 bits per heavy atom. The molecule has 3 aromatic rings. The number of carbonyl (C=O) groups is 2. The minimum Gasteiger partial charge on any atom is -0.468 e. The molecule has 0 spiro atoms. The van der Waals surface area contributed by atoms with Crippen LogP contribution in [0.3, 0.4) is 0 Å². The lowest BCUT2D eigenvalue weighted by Gasteiger charge is -2.21. The first-order valence-electron chi connectivity index (χ1n) is 10.7. The molecule has 0 atom stereocenters. The van der Waals surface area contributed by atoms with Crippen LogP contribution in [-0.2, 0) is 27.4 Å². The van der Waals surface area contributed by atoms with Gasteiger partial charge in [-0.1, -0.05) is 60.7 Å². The minimum atomic E-state index is -0.421. The Labute approximate surface area is 194 Å². The minimum absolute atomic E-state index is 0.0208. The quantitative estimate of drug-likeness (QED) is 0.509. The first kappa shape index (κ1) is 23.8. The Bertz CT molecular complexity index is 1150. The van der Waals surface area contributed by atoms with Crippen molar-refractivity contribution in [2.75, 3.05) is 25.5 Å². The van der Waals surface area contributed by atoms with Crippen LogP contribution in [0.25, 0.3) is 0 Å². The van der Waals surface area contributed by atoms with Gasteiger partial charge in [-0.05, 0) is 30.5 Å². The number of nitrogens with zero attached hydrogens (tertiary/aromatic N) is 3. The summed E-state index contributed by atoms with van der Waals surface area (Å²) >= 11 is 0. The van der Waals surface area contributed by atoms with Gasteiger partial charge in [0.15, 0.2) is 0 Å². The second-order valence-electron chi connectivity index (χ2n) is 7.87. The molecular formula is C26H28N4O3. The van der Waals surface area contributed by atoms with Crippen LogP contribution in [0.5, 0.6) is 0 Å². The number of methoxy groups -OCH3 is 1. The van der Waals surface area contributed by atoms with Gasteiger partial charge >= 0.3 is 5.97 Å². The molecule has 0 bridgehead atoms. The largest absolute Gasteiger partial charge is 0.468 e. The van der Waals surface area contributed by atoms with Gasteiger partial charge in [-0.3, -0.25) is 14.5 Å². The zero-order chi connectivity index (χ0) is 23.8. The summed E-state index contributed by atoms with van der Waals surface area (Å²) < 4.78 is 6.75. The molecule has 2 aromatic carbocycles. The molecule has 3 rings (SSSR count). The van der Waals surface area contributed by atoms with Crippen LogP contribution in [0.15, 0.2) is 60.7 Å². The lowest BCUT2D eigenvalue weighted by Crippen LogP contribution is -2.37. The molecule has 1 N–H and O–H groups in total. The van der Waals surface area contributed by atoms with Crippen LogP contribution >= 0.6 is 0 Å². The van der Waals surface area contributed by atoms with Gasteiger partial charge in [0, 0.05) is 18.8 Å². The molecule has 1 aromatic heterocycles. The molecule has 0 aliphatic carbocycles. The Kier molecular flexibility index (Phi) is 8.01. The number of esters is 1. The van der Waals surface area contributed by atoms with E-state index in [1.807, 2.05) is 79.1 Å². The lowest BCUT2D eigenvalue weighted by atomic mass is 10.2. The van der Waals surface area contributed by atoms with Crippen molar-refractivity contribution < 1.29 is 14.3 Å². The number of nitrogens with one attached hydrogen (secondary N) is 1. The van der Waals surface area contributed by atoms with E-state index in [2.05, 4.69) is 11.4 Å². The van der Waals surface area contributed by atoms with Gasteiger partial charge in [0.05, 0.1) is 25.8 Å². The molecular weight excluding hydrogens is 416 g/mol. The fraction of sp³-hybridized carbons (Fsp3) is 0.269. The van der Waals surface area contributed by atoms with Crippen molar-refractivity contribution in [3.05, 3.63) is 88.6 Å². The second kappa shape index (κ2) is 11.1. The molecule has 0 saturated heterocycles. The number of benzene rings is 2. The Morgan fingerprint density at radius 3 is 2.18 bits per heavy atom. The topological polar surface area (TPSA) is 87.4 Å². The Morgan fingerprint density at radius 2 is 1.61 bits per heavy atom. The van der Waals surface area contributed by atoms with Crippen molar-refractivity contribution in [2.24, 2.45) is 0 Å². The molecule has 0 radical (unpaired) electrons. The normalized spacial score (nSPS) is 10.6. The smallest absolute Gasteiger partial charge is 0.319 e. The number of carbonyl (C=O) groups excluding carboxylic acids is 2. The number of amides is 1. The van der Waals surface area contributed by atoms with Gasteiger partial charge in [0.1, 0.15) is 11.9 Å². The summed E-state index contributed by atoms with van der Waals surface area (Å²) in [6.07, 6.45) is 0. The molecule has 0 unspecified atom stereocenters. The highest BCUT2D eigenvalue weighted by Gasteiger charge is 2.22. The summed E-state index contributed by atoms with van der Waals surface area (Å²) in [6.45, 7) is 4.71. The van der Waals surface area contributed by atoms with Crippen LogP contribution in [0.4, 0.5) is 5.82 Å². The monoisotopic (exact) mass is 444 g/mol. The predicted molar refractivity (Wildman–Crippen MR) is 127 cm³/mol. The van der Waals surface area contributed by atoms with E-state index in [4.69, 9.17) is 4.74 Å². The maximum atomic E-state index is 13.0. The van der Waals surface area contributed by atoms with Gasteiger partial charge in [0.25, 0.3) is 0 Å². The highest BCUT2D eigenvalue weighted by atomic mass is 16.5. The molecule has 0 aliphatic rings. The molecule has 33 heavy (non-hydrogen) atoms. The Balaban J connectivity index is 1.83. The summed E-state index contributed by atoms with van der Waals surface area (Å²) in [5.74, 6) is -0.257. The highest BCUT2D eigenvalue weighted by Crippen LogP contribution is 2.27. The van der Waals surface area contributed by atoms with Gasteiger partial charge in [-0.2, -0.15) is 5.26 Å². The van der Waals surface area contributed by atoms with Gasteiger partial charge < -0.3 is 14.6 Å². The van der Waals surface area contributed by atoms with Crippen molar-refractivity contribution in [1.82, 2.24) is 9.47 Å². The SMILES string of the molecule is COC(=O)CN(CC(=O)Nc1c(C#N)c(C)c(C)n1Cc1ccccc1)Cc1ccccc1. The highest BCUT2D eigenvalue weighted by molar-refractivity contribution is 5.93. The number of hydrogen-bond donors (Lipinski definition) is 1. The summed E-state index contributed by atoms with van der Waals surface area (Å²) in [7, 11) is 1.32. The van der Waals surface area contributed by atoms with Gasteiger partial charge in [-0.15, -0.1) is 0 Å². The number of rotatable bonds is 9. The maximum Gasteiger partial charge on any atom is 0.319 e. The average molecular weight is 445 g/mol. The summed E-state index contributed by atoms with van der Waals surface area (Å²) in [6, 6.07) is 21.7. The van der Waals surface area contributed by atoms with Crippen LogP contribution in [0.1, 0.15) is 27.9 Å².